The van der Waals surface area contributed by atoms with Crippen LogP contribution in [0.1, 0.15) is 12.8 Å². The van der Waals surface area contributed by atoms with Crippen molar-refractivity contribution in [2.75, 3.05) is 0 Å². The number of nitrogens with one attached hydrogen (secondary N) is 2. The standard InChI is InChI=1S/C9H12N2/c1-2-7(8-3-4-8)5-9(11)6-10/h2,5-6,8,10-11H,1,3-4H2/b7-5+,10-6?,11-9?. The molecule has 1 aliphatic rings. The van der Waals surface area contributed by atoms with Crippen molar-refractivity contribution in [3.8, 4) is 0 Å². The Bertz CT molecular complexity index is 222. The predicted octanol–water partition coefficient (Wildman–Crippen LogP) is 2.18. The number of rotatable bonds is 4. The van der Waals surface area contributed by atoms with Crippen LogP contribution in [0.25, 0.3) is 0 Å². The zero-order chi connectivity index (χ0) is 8.27. The van der Waals surface area contributed by atoms with Crippen molar-refractivity contribution in [1.82, 2.24) is 0 Å². The van der Waals surface area contributed by atoms with E-state index in [9.17, 15) is 0 Å². The third-order valence-corrected chi connectivity index (χ3v) is 1.76. The Morgan fingerprint density at radius 1 is 1.45 bits per heavy atom. The fourth-order valence-corrected chi connectivity index (χ4v) is 0.981. The van der Waals surface area contributed by atoms with Crippen molar-refractivity contribution in [3.05, 3.63) is 24.3 Å². The van der Waals surface area contributed by atoms with E-state index < -0.39 is 0 Å². The maximum Gasteiger partial charge on any atom is 0.0718 e. The van der Waals surface area contributed by atoms with Crippen molar-refractivity contribution >= 4 is 11.9 Å². The van der Waals surface area contributed by atoms with Crippen LogP contribution < -0.4 is 0 Å². The van der Waals surface area contributed by atoms with E-state index in [2.05, 4.69) is 6.58 Å². The maximum atomic E-state index is 7.22. The molecule has 0 atom stereocenters. The van der Waals surface area contributed by atoms with Crippen LogP contribution in [0, 0.1) is 16.7 Å². The van der Waals surface area contributed by atoms with E-state index >= 15 is 0 Å². The highest BCUT2D eigenvalue weighted by Gasteiger charge is 2.23. The maximum absolute atomic E-state index is 7.22. The third kappa shape index (κ3) is 2.15. The summed E-state index contributed by atoms with van der Waals surface area (Å²) in [6.45, 7) is 3.67. The minimum atomic E-state index is 0.256. The lowest BCUT2D eigenvalue weighted by atomic mass is 10.1. The van der Waals surface area contributed by atoms with Gasteiger partial charge in [-0.1, -0.05) is 12.7 Å². The lowest BCUT2D eigenvalue weighted by Gasteiger charge is -1.95. The molecule has 11 heavy (non-hydrogen) atoms. The van der Waals surface area contributed by atoms with Crippen LogP contribution in [0.5, 0.6) is 0 Å². The summed E-state index contributed by atoms with van der Waals surface area (Å²) >= 11 is 0. The first kappa shape index (κ1) is 7.92. The number of hydrogen-bond acceptors (Lipinski definition) is 2. The molecule has 0 unspecified atom stereocenters. The molecule has 0 aromatic rings. The molecule has 1 rings (SSSR count). The van der Waals surface area contributed by atoms with E-state index in [1.165, 1.54) is 12.8 Å². The highest BCUT2D eigenvalue weighted by molar-refractivity contribution is 6.33. The van der Waals surface area contributed by atoms with Crippen molar-refractivity contribution < 1.29 is 0 Å². The number of hydrogen-bond donors (Lipinski definition) is 2. The summed E-state index contributed by atoms with van der Waals surface area (Å²) in [4.78, 5) is 0. The molecule has 0 amide bonds. The second-order valence-corrected chi connectivity index (χ2v) is 2.72. The van der Waals surface area contributed by atoms with Gasteiger partial charge in [0.25, 0.3) is 0 Å². The first-order chi connectivity index (χ1) is 5.27. The summed E-state index contributed by atoms with van der Waals surface area (Å²) in [5.74, 6) is 0.618. The smallest absolute Gasteiger partial charge is 0.0718 e. The van der Waals surface area contributed by atoms with Gasteiger partial charge in [0.1, 0.15) is 0 Å². The van der Waals surface area contributed by atoms with Gasteiger partial charge in [0, 0.05) is 6.21 Å². The van der Waals surface area contributed by atoms with Crippen molar-refractivity contribution in [1.29, 1.82) is 10.8 Å². The normalized spacial score (nSPS) is 17.6. The van der Waals surface area contributed by atoms with E-state index in [0.717, 1.165) is 11.8 Å². The quantitative estimate of drug-likeness (QED) is 0.453. The van der Waals surface area contributed by atoms with Gasteiger partial charge in [0.15, 0.2) is 0 Å². The third-order valence-electron chi connectivity index (χ3n) is 1.76. The van der Waals surface area contributed by atoms with E-state index in [1.54, 1.807) is 12.2 Å². The molecule has 0 heterocycles. The molecule has 0 saturated heterocycles. The van der Waals surface area contributed by atoms with Crippen molar-refractivity contribution in [2.24, 2.45) is 5.92 Å². The molecule has 2 N–H and O–H groups in total. The largest absolute Gasteiger partial charge is 0.307 e. The highest BCUT2D eigenvalue weighted by atomic mass is 14.4. The van der Waals surface area contributed by atoms with Gasteiger partial charge in [-0.25, -0.2) is 0 Å². The monoisotopic (exact) mass is 148 g/mol. The van der Waals surface area contributed by atoms with Gasteiger partial charge in [-0.3, -0.25) is 5.41 Å². The highest BCUT2D eigenvalue weighted by Crippen LogP contribution is 2.36. The van der Waals surface area contributed by atoms with Crippen LogP contribution >= 0.6 is 0 Å². The van der Waals surface area contributed by atoms with Gasteiger partial charge in [-0.05, 0) is 30.4 Å². The molecule has 1 saturated carbocycles. The zero-order valence-electron chi connectivity index (χ0n) is 6.43. The molecule has 0 aromatic carbocycles. The van der Waals surface area contributed by atoms with Crippen LogP contribution in [0.3, 0.4) is 0 Å². The fraction of sp³-hybridized carbons (Fsp3) is 0.333. The van der Waals surface area contributed by atoms with Gasteiger partial charge in [-0.2, -0.15) is 0 Å². The first-order valence-corrected chi connectivity index (χ1v) is 3.71. The molecule has 0 spiro atoms. The van der Waals surface area contributed by atoms with Crippen LogP contribution in [0.15, 0.2) is 24.3 Å². The summed E-state index contributed by atoms with van der Waals surface area (Å²) < 4.78 is 0. The van der Waals surface area contributed by atoms with Crippen LogP contribution in [-0.2, 0) is 0 Å². The van der Waals surface area contributed by atoms with E-state index in [-0.39, 0.29) is 5.71 Å². The summed E-state index contributed by atoms with van der Waals surface area (Å²) in [6.07, 6.45) is 6.98. The fourth-order valence-electron chi connectivity index (χ4n) is 0.981. The van der Waals surface area contributed by atoms with Gasteiger partial charge >= 0.3 is 0 Å². The Kier molecular flexibility index (Phi) is 2.36. The van der Waals surface area contributed by atoms with Crippen molar-refractivity contribution in [3.63, 3.8) is 0 Å². The molecular formula is C9H12N2. The van der Waals surface area contributed by atoms with Crippen molar-refractivity contribution in [2.45, 2.75) is 12.8 Å². The Morgan fingerprint density at radius 3 is 2.45 bits per heavy atom. The summed E-state index contributed by atoms with van der Waals surface area (Å²) in [6, 6.07) is 0. The molecule has 2 nitrogen and oxygen atoms in total. The SMILES string of the molecule is C=C/C(=C\C(=N)C=N)C1CC1. The molecule has 58 valence electrons. The molecule has 2 heteroatoms. The van der Waals surface area contributed by atoms with Gasteiger partial charge in [0.2, 0.25) is 0 Å². The van der Waals surface area contributed by atoms with Gasteiger partial charge < -0.3 is 5.41 Å². The summed E-state index contributed by atoms with van der Waals surface area (Å²) in [5, 5.41) is 14.0. The molecule has 0 radical (unpaired) electrons. The minimum Gasteiger partial charge on any atom is -0.307 e. The van der Waals surface area contributed by atoms with E-state index in [1.807, 2.05) is 0 Å². The summed E-state index contributed by atoms with van der Waals surface area (Å²) in [7, 11) is 0. The van der Waals surface area contributed by atoms with Crippen LogP contribution in [0.2, 0.25) is 0 Å². The van der Waals surface area contributed by atoms with Gasteiger partial charge in [0.05, 0.1) is 5.71 Å². The molecule has 0 bridgehead atoms. The van der Waals surface area contributed by atoms with Crippen LogP contribution in [0.4, 0.5) is 0 Å². The topological polar surface area (TPSA) is 47.7 Å². The molecule has 0 aromatic heterocycles. The Balaban J connectivity index is 2.65. The molecule has 1 aliphatic carbocycles. The Hall–Kier alpha value is -1.18. The molecular weight excluding hydrogens is 136 g/mol. The average Bonchev–Trinajstić information content (AvgIpc) is 2.82. The summed E-state index contributed by atoms with van der Waals surface area (Å²) in [5.41, 5.74) is 1.37. The van der Waals surface area contributed by atoms with E-state index in [0.29, 0.717) is 5.92 Å². The zero-order valence-corrected chi connectivity index (χ0v) is 6.43. The average molecular weight is 148 g/mol. The molecule has 1 fully saturated rings. The minimum absolute atomic E-state index is 0.256. The second kappa shape index (κ2) is 3.28. The Labute approximate surface area is 66.6 Å². The molecule has 0 aliphatic heterocycles. The lowest BCUT2D eigenvalue weighted by molar-refractivity contribution is 1.05. The second-order valence-electron chi connectivity index (χ2n) is 2.72. The Morgan fingerprint density at radius 2 is 2.09 bits per heavy atom. The van der Waals surface area contributed by atoms with Gasteiger partial charge in [-0.15, -0.1) is 0 Å². The van der Waals surface area contributed by atoms with Crippen LogP contribution in [-0.4, -0.2) is 11.9 Å². The lowest BCUT2D eigenvalue weighted by Crippen LogP contribution is -1.93. The number of allylic oxidation sites excluding steroid dienone is 3. The first-order valence-electron chi connectivity index (χ1n) is 3.71. The predicted molar refractivity (Wildman–Crippen MR) is 47.5 cm³/mol. The van der Waals surface area contributed by atoms with E-state index in [4.69, 9.17) is 10.8 Å².